The highest BCUT2D eigenvalue weighted by molar-refractivity contribution is 5.59. The van der Waals surface area contributed by atoms with Crippen LogP contribution in [0.3, 0.4) is 0 Å². The topological polar surface area (TPSA) is 67.7 Å². The molecule has 2 heterocycles. The van der Waals surface area contributed by atoms with E-state index in [-0.39, 0.29) is 0 Å². The van der Waals surface area contributed by atoms with Crippen molar-refractivity contribution < 1.29 is 0 Å². The Morgan fingerprint density at radius 2 is 2.00 bits per heavy atom. The molecule has 100 valence electrons. The molecule has 0 saturated heterocycles. The number of rotatable bonds is 4. The zero-order chi connectivity index (χ0) is 13.8. The van der Waals surface area contributed by atoms with Crippen LogP contribution in [0.2, 0.25) is 0 Å². The Labute approximate surface area is 116 Å². The molecular formula is C14H14N6. The summed E-state index contributed by atoms with van der Waals surface area (Å²) in [6.45, 7) is 0. The maximum atomic E-state index is 4.37. The van der Waals surface area contributed by atoms with Crippen molar-refractivity contribution in [1.82, 2.24) is 19.7 Å². The highest BCUT2D eigenvalue weighted by Crippen LogP contribution is 2.18. The second-order valence-electron chi connectivity index (χ2n) is 4.17. The molecule has 0 saturated carbocycles. The van der Waals surface area contributed by atoms with Crippen molar-refractivity contribution in [3.05, 3.63) is 55.1 Å². The predicted molar refractivity (Wildman–Crippen MR) is 78.4 cm³/mol. The van der Waals surface area contributed by atoms with Crippen LogP contribution in [0, 0.1) is 0 Å². The lowest BCUT2D eigenvalue weighted by Gasteiger charge is -2.08. The predicted octanol–water partition coefficient (Wildman–Crippen LogP) is 2.45. The number of hydrogen-bond acceptors (Lipinski definition) is 5. The van der Waals surface area contributed by atoms with E-state index in [1.165, 1.54) is 0 Å². The van der Waals surface area contributed by atoms with Crippen LogP contribution in [-0.4, -0.2) is 26.8 Å². The molecule has 6 heteroatoms. The van der Waals surface area contributed by atoms with E-state index in [2.05, 4.69) is 25.7 Å². The molecule has 2 aromatic heterocycles. The summed E-state index contributed by atoms with van der Waals surface area (Å²) in [5, 5.41) is 10.4. The first-order valence-electron chi connectivity index (χ1n) is 6.22. The van der Waals surface area contributed by atoms with Crippen molar-refractivity contribution in [2.75, 3.05) is 17.7 Å². The van der Waals surface area contributed by atoms with Gasteiger partial charge in [0, 0.05) is 25.1 Å². The molecule has 0 aliphatic heterocycles. The Morgan fingerprint density at radius 3 is 2.80 bits per heavy atom. The van der Waals surface area contributed by atoms with Gasteiger partial charge in [-0.1, -0.05) is 6.07 Å². The molecule has 0 amide bonds. The van der Waals surface area contributed by atoms with Gasteiger partial charge >= 0.3 is 0 Å². The van der Waals surface area contributed by atoms with Crippen LogP contribution in [0.1, 0.15) is 0 Å². The van der Waals surface area contributed by atoms with Crippen molar-refractivity contribution in [3.8, 4) is 5.69 Å². The van der Waals surface area contributed by atoms with E-state index in [4.69, 9.17) is 0 Å². The molecule has 0 unspecified atom stereocenters. The van der Waals surface area contributed by atoms with Crippen LogP contribution in [0.15, 0.2) is 55.1 Å². The minimum absolute atomic E-state index is 0.689. The van der Waals surface area contributed by atoms with Gasteiger partial charge in [0.1, 0.15) is 5.82 Å². The summed E-state index contributed by atoms with van der Waals surface area (Å²) in [6, 6.07) is 9.83. The fourth-order valence-electron chi connectivity index (χ4n) is 1.84. The van der Waals surface area contributed by atoms with Crippen molar-refractivity contribution in [3.63, 3.8) is 0 Å². The minimum atomic E-state index is 0.689. The van der Waals surface area contributed by atoms with Gasteiger partial charge in [0.05, 0.1) is 18.1 Å². The summed E-state index contributed by atoms with van der Waals surface area (Å²) < 4.78 is 1.81. The van der Waals surface area contributed by atoms with E-state index in [0.717, 1.165) is 17.2 Å². The van der Waals surface area contributed by atoms with Crippen LogP contribution < -0.4 is 10.6 Å². The molecule has 1 aromatic carbocycles. The zero-order valence-corrected chi connectivity index (χ0v) is 11.0. The SMILES string of the molecule is CNc1cncc(Nc2cccc(-n3cccn3)c2)n1. The standard InChI is InChI=1S/C14H14N6/c1-15-13-9-16-10-14(19-13)18-11-4-2-5-12(8-11)20-7-3-6-17-20/h2-10H,1H3,(H2,15,18,19). The number of benzene rings is 1. The van der Waals surface area contributed by atoms with Gasteiger partial charge in [0.25, 0.3) is 0 Å². The molecule has 0 aliphatic rings. The largest absolute Gasteiger partial charge is 0.372 e. The Bertz CT molecular complexity index is 692. The third-order valence-corrected chi connectivity index (χ3v) is 2.78. The van der Waals surface area contributed by atoms with Crippen LogP contribution in [0.25, 0.3) is 5.69 Å². The number of hydrogen-bond donors (Lipinski definition) is 2. The van der Waals surface area contributed by atoms with Gasteiger partial charge in [0.2, 0.25) is 0 Å². The molecule has 0 aliphatic carbocycles. The minimum Gasteiger partial charge on any atom is -0.372 e. The molecule has 0 bridgehead atoms. The summed E-state index contributed by atoms with van der Waals surface area (Å²) in [5.41, 5.74) is 1.92. The smallest absolute Gasteiger partial charge is 0.151 e. The van der Waals surface area contributed by atoms with E-state index in [9.17, 15) is 0 Å². The Morgan fingerprint density at radius 1 is 1.10 bits per heavy atom. The maximum Gasteiger partial charge on any atom is 0.151 e. The first-order chi connectivity index (χ1) is 9.85. The van der Waals surface area contributed by atoms with E-state index in [0.29, 0.717) is 5.82 Å². The molecule has 0 atom stereocenters. The van der Waals surface area contributed by atoms with E-state index >= 15 is 0 Å². The molecule has 20 heavy (non-hydrogen) atoms. The second-order valence-corrected chi connectivity index (χ2v) is 4.17. The zero-order valence-electron chi connectivity index (χ0n) is 11.0. The van der Waals surface area contributed by atoms with Gasteiger partial charge in [-0.05, 0) is 24.3 Å². The molecular weight excluding hydrogens is 252 g/mol. The first-order valence-corrected chi connectivity index (χ1v) is 6.22. The quantitative estimate of drug-likeness (QED) is 0.759. The maximum absolute atomic E-state index is 4.37. The molecule has 2 N–H and O–H groups in total. The third-order valence-electron chi connectivity index (χ3n) is 2.78. The highest BCUT2D eigenvalue weighted by atomic mass is 15.3. The lowest BCUT2D eigenvalue weighted by molar-refractivity contribution is 0.881. The second kappa shape index (κ2) is 5.40. The lowest BCUT2D eigenvalue weighted by atomic mass is 10.3. The van der Waals surface area contributed by atoms with Crippen molar-refractivity contribution >= 4 is 17.3 Å². The van der Waals surface area contributed by atoms with Gasteiger partial charge in [-0.15, -0.1) is 0 Å². The molecule has 3 aromatic rings. The molecule has 0 spiro atoms. The summed E-state index contributed by atoms with van der Waals surface area (Å²) >= 11 is 0. The summed E-state index contributed by atoms with van der Waals surface area (Å²) in [6.07, 6.45) is 7.01. The normalized spacial score (nSPS) is 10.2. The summed E-state index contributed by atoms with van der Waals surface area (Å²) in [4.78, 5) is 8.49. The van der Waals surface area contributed by atoms with E-state index in [1.54, 1.807) is 23.3 Å². The number of nitrogens with one attached hydrogen (secondary N) is 2. The van der Waals surface area contributed by atoms with Crippen molar-refractivity contribution in [1.29, 1.82) is 0 Å². The Kier molecular flexibility index (Phi) is 3.28. The monoisotopic (exact) mass is 266 g/mol. The van der Waals surface area contributed by atoms with Crippen LogP contribution in [0.5, 0.6) is 0 Å². The fourth-order valence-corrected chi connectivity index (χ4v) is 1.84. The van der Waals surface area contributed by atoms with Gasteiger partial charge in [0.15, 0.2) is 5.82 Å². The number of anilines is 3. The molecule has 0 radical (unpaired) electrons. The van der Waals surface area contributed by atoms with E-state index < -0.39 is 0 Å². The van der Waals surface area contributed by atoms with Gasteiger partial charge < -0.3 is 10.6 Å². The van der Waals surface area contributed by atoms with Gasteiger partial charge in [-0.2, -0.15) is 5.10 Å². The Balaban J connectivity index is 1.85. The molecule has 6 nitrogen and oxygen atoms in total. The van der Waals surface area contributed by atoms with Crippen LogP contribution in [0.4, 0.5) is 17.3 Å². The average Bonchev–Trinajstić information content (AvgIpc) is 3.02. The fraction of sp³-hybridized carbons (Fsp3) is 0.0714. The van der Waals surface area contributed by atoms with Gasteiger partial charge in [-0.25, -0.2) is 9.67 Å². The van der Waals surface area contributed by atoms with Crippen LogP contribution in [-0.2, 0) is 0 Å². The van der Waals surface area contributed by atoms with Crippen molar-refractivity contribution in [2.24, 2.45) is 0 Å². The molecule has 0 fully saturated rings. The summed E-state index contributed by atoms with van der Waals surface area (Å²) in [5.74, 6) is 1.41. The third kappa shape index (κ3) is 2.59. The lowest BCUT2D eigenvalue weighted by Crippen LogP contribution is -2.00. The van der Waals surface area contributed by atoms with E-state index in [1.807, 2.05) is 43.6 Å². The van der Waals surface area contributed by atoms with Crippen molar-refractivity contribution in [2.45, 2.75) is 0 Å². The van der Waals surface area contributed by atoms with Crippen LogP contribution >= 0.6 is 0 Å². The Hall–Kier alpha value is -2.89. The average molecular weight is 266 g/mol. The number of aromatic nitrogens is 4. The first kappa shape index (κ1) is 12.2. The van der Waals surface area contributed by atoms with Gasteiger partial charge in [-0.3, -0.25) is 4.98 Å². The molecule has 3 rings (SSSR count). The highest BCUT2D eigenvalue weighted by Gasteiger charge is 2.01. The number of nitrogens with zero attached hydrogens (tertiary/aromatic N) is 4. The summed E-state index contributed by atoms with van der Waals surface area (Å²) in [7, 11) is 1.81.